The predicted octanol–water partition coefficient (Wildman–Crippen LogP) is 0.476. The van der Waals surface area contributed by atoms with E-state index >= 15 is 0 Å². The molecule has 132 valence electrons. The number of rotatable bonds is 1. The van der Waals surface area contributed by atoms with Crippen LogP contribution in [0.2, 0.25) is 0 Å². The van der Waals surface area contributed by atoms with E-state index in [0.29, 0.717) is 6.42 Å². The summed E-state index contributed by atoms with van der Waals surface area (Å²) in [5, 5.41) is 22.0. The van der Waals surface area contributed by atoms with Crippen LogP contribution < -0.4 is 0 Å². The highest BCUT2D eigenvalue weighted by Gasteiger charge is 2.70. The third-order valence-corrected chi connectivity index (χ3v) is 5.92. The minimum absolute atomic E-state index is 0.00257. The van der Waals surface area contributed by atoms with E-state index in [4.69, 9.17) is 9.47 Å². The van der Waals surface area contributed by atoms with Crippen LogP contribution in [0.4, 0.5) is 0 Å². The SMILES string of the molecule is CC(=O)O[C@H]1[C@@H](O)C2=C(C)C(=O)O[C@]2(O)[C@H]2[C@H](C)C(=O)CC[C@]12C. The molecule has 2 fully saturated rings. The van der Waals surface area contributed by atoms with Crippen molar-refractivity contribution in [3.8, 4) is 0 Å². The molecule has 7 heteroatoms. The van der Waals surface area contributed by atoms with Gasteiger partial charge in [-0.2, -0.15) is 0 Å². The fraction of sp³-hybridized carbons (Fsp3) is 0.706. The molecule has 0 aromatic rings. The number of ketones is 1. The first-order valence-corrected chi connectivity index (χ1v) is 8.09. The minimum Gasteiger partial charge on any atom is -0.459 e. The van der Waals surface area contributed by atoms with Crippen LogP contribution in [-0.4, -0.2) is 45.9 Å². The molecule has 3 rings (SSSR count). The summed E-state index contributed by atoms with van der Waals surface area (Å²) in [5.74, 6) is -4.81. The summed E-state index contributed by atoms with van der Waals surface area (Å²) in [7, 11) is 0. The molecule has 2 aliphatic carbocycles. The summed E-state index contributed by atoms with van der Waals surface area (Å²) >= 11 is 0. The molecule has 24 heavy (non-hydrogen) atoms. The van der Waals surface area contributed by atoms with Crippen molar-refractivity contribution in [3.63, 3.8) is 0 Å². The van der Waals surface area contributed by atoms with Crippen molar-refractivity contribution in [2.45, 2.75) is 58.5 Å². The highest BCUT2D eigenvalue weighted by molar-refractivity contribution is 5.93. The van der Waals surface area contributed by atoms with E-state index in [1.165, 1.54) is 13.8 Å². The molecule has 1 aliphatic heterocycles. The molecule has 0 saturated heterocycles. The van der Waals surface area contributed by atoms with Crippen LogP contribution in [-0.2, 0) is 23.9 Å². The molecule has 0 spiro atoms. The number of esters is 2. The van der Waals surface area contributed by atoms with Gasteiger partial charge >= 0.3 is 11.9 Å². The smallest absolute Gasteiger partial charge is 0.336 e. The van der Waals surface area contributed by atoms with Crippen molar-refractivity contribution in [2.75, 3.05) is 0 Å². The normalized spacial score (nSPS) is 44.8. The topological polar surface area (TPSA) is 110 Å². The Hall–Kier alpha value is -1.73. The highest BCUT2D eigenvalue weighted by Crippen LogP contribution is 2.60. The lowest BCUT2D eigenvalue weighted by Crippen LogP contribution is -2.67. The van der Waals surface area contributed by atoms with Crippen LogP contribution in [0.5, 0.6) is 0 Å². The van der Waals surface area contributed by atoms with Crippen molar-refractivity contribution < 1.29 is 34.1 Å². The van der Waals surface area contributed by atoms with Crippen LogP contribution in [0, 0.1) is 17.3 Å². The van der Waals surface area contributed by atoms with Gasteiger partial charge in [-0.25, -0.2) is 4.79 Å². The largest absolute Gasteiger partial charge is 0.459 e. The summed E-state index contributed by atoms with van der Waals surface area (Å²) < 4.78 is 10.6. The van der Waals surface area contributed by atoms with Gasteiger partial charge in [0.1, 0.15) is 18.0 Å². The van der Waals surface area contributed by atoms with Gasteiger partial charge in [0.05, 0.1) is 0 Å². The first-order valence-electron chi connectivity index (χ1n) is 8.09. The Morgan fingerprint density at radius 2 is 2.00 bits per heavy atom. The van der Waals surface area contributed by atoms with Gasteiger partial charge in [0.25, 0.3) is 0 Å². The molecule has 3 aliphatic rings. The van der Waals surface area contributed by atoms with Crippen molar-refractivity contribution in [1.82, 2.24) is 0 Å². The molecule has 0 bridgehead atoms. The lowest BCUT2D eigenvalue weighted by molar-refractivity contribution is -0.274. The highest BCUT2D eigenvalue weighted by atomic mass is 16.7. The quantitative estimate of drug-likeness (QED) is 0.669. The van der Waals surface area contributed by atoms with E-state index in [9.17, 15) is 24.6 Å². The Labute approximate surface area is 139 Å². The Kier molecular flexibility index (Phi) is 3.66. The van der Waals surface area contributed by atoms with Crippen LogP contribution in [0.25, 0.3) is 0 Å². The molecule has 7 nitrogen and oxygen atoms in total. The fourth-order valence-corrected chi connectivity index (χ4v) is 4.84. The zero-order chi connectivity index (χ0) is 18.0. The van der Waals surface area contributed by atoms with Crippen LogP contribution in [0.15, 0.2) is 11.1 Å². The fourth-order valence-electron chi connectivity index (χ4n) is 4.84. The number of carbonyl (C=O) groups excluding carboxylic acids is 3. The minimum atomic E-state index is -2.05. The van der Waals surface area contributed by atoms with E-state index in [0.717, 1.165) is 0 Å². The Morgan fingerprint density at radius 3 is 2.58 bits per heavy atom. The van der Waals surface area contributed by atoms with Gasteiger partial charge in [0.15, 0.2) is 0 Å². The number of carbonyl (C=O) groups is 3. The molecule has 0 aromatic heterocycles. The number of aliphatic hydroxyl groups is 2. The summed E-state index contributed by atoms with van der Waals surface area (Å²) in [6, 6.07) is 0. The van der Waals surface area contributed by atoms with E-state index < -0.39 is 47.2 Å². The summed E-state index contributed by atoms with van der Waals surface area (Å²) in [6.07, 6.45) is -1.76. The Balaban J connectivity index is 2.21. The number of fused-ring (bicyclic) bond motifs is 3. The average Bonchev–Trinajstić information content (AvgIpc) is 2.70. The predicted molar refractivity (Wildman–Crippen MR) is 80.3 cm³/mol. The molecular weight excluding hydrogens is 316 g/mol. The third kappa shape index (κ3) is 2.01. The second-order valence-corrected chi connectivity index (χ2v) is 7.34. The first kappa shape index (κ1) is 17.1. The van der Waals surface area contributed by atoms with Gasteiger partial charge in [-0.05, 0) is 13.3 Å². The molecule has 0 aromatic carbocycles. The molecular formula is C17H22O7. The maximum Gasteiger partial charge on any atom is 0.336 e. The number of Topliss-reactive ketones (excluding diaryl/α,β-unsaturated/α-hetero) is 1. The van der Waals surface area contributed by atoms with E-state index in [-0.39, 0.29) is 23.4 Å². The van der Waals surface area contributed by atoms with Gasteiger partial charge in [0, 0.05) is 41.7 Å². The molecule has 6 atom stereocenters. The van der Waals surface area contributed by atoms with Crippen LogP contribution in [0.1, 0.15) is 40.5 Å². The second kappa shape index (κ2) is 5.13. The summed E-state index contributed by atoms with van der Waals surface area (Å²) in [4.78, 5) is 35.9. The van der Waals surface area contributed by atoms with Crippen LogP contribution in [0.3, 0.4) is 0 Å². The maximum absolute atomic E-state index is 12.3. The summed E-state index contributed by atoms with van der Waals surface area (Å²) in [6.45, 7) is 6.11. The van der Waals surface area contributed by atoms with E-state index in [1.54, 1.807) is 13.8 Å². The van der Waals surface area contributed by atoms with E-state index in [2.05, 4.69) is 0 Å². The van der Waals surface area contributed by atoms with E-state index in [1.807, 2.05) is 0 Å². The molecule has 0 unspecified atom stereocenters. The zero-order valence-electron chi connectivity index (χ0n) is 14.2. The molecule has 2 N–H and O–H groups in total. The lowest BCUT2D eigenvalue weighted by atomic mass is 9.51. The zero-order valence-corrected chi connectivity index (χ0v) is 14.2. The third-order valence-electron chi connectivity index (χ3n) is 5.92. The second-order valence-electron chi connectivity index (χ2n) is 7.34. The number of hydrogen-bond acceptors (Lipinski definition) is 7. The van der Waals surface area contributed by atoms with Crippen molar-refractivity contribution >= 4 is 17.7 Å². The monoisotopic (exact) mass is 338 g/mol. The standard InChI is InChI=1S/C17H22O7/c1-7-10(19)5-6-16(4)13(7)17(22)11(8(2)15(21)24-17)12(20)14(16)23-9(3)18/h7,12-14,20,22H,5-6H2,1-4H3/t7-,12+,13+,14+,16+,17+/m1/s1. The van der Waals surface area contributed by atoms with Crippen LogP contribution >= 0.6 is 0 Å². The lowest BCUT2D eigenvalue weighted by Gasteiger charge is -2.57. The summed E-state index contributed by atoms with van der Waals surface area (Å²) in [5.41, 5.74) is -0.807. The van der Waals surface area contributed by atoms with Crippen molar-refractivity contribution in [2.24, 2.45) is 17.3 Å². The van der Waals surface area contributed by atoms with Gasteiger partial charge < -0.3 is 19.7 Å². The molecule has 0 amide bonds. The number of hydrogen-bond donors (Lipinski definition) is 2. The average molecular weight is 338 g/mol. The Morgan fingerprint density at radius 1 is 1.38 bits per heavy atom. The van der Waals surface area contributed by atoms with Gasteiger partial charge in [-0.3, -0.25) is 9.59 Å². The molecule has 0 radical (unpaired) electrons. The van der Waals surface area contributed by atoms with Gasteiger partial charge in [-0.15, -0.1) is 0 Å². The van der Waals surface area contributed by atoms with Crippen molar-refractivity contribution in [3.05, 3.63) is 11.1 Å². The van der Waals surface area contributed by atoms with Gasteiger partial charge in [-0.1, -0.05) is 13.8 Å². The Bertz CT molecular complexity index is 666. The molecule has 2 saturated carbocycles. The first-order chi connectivity index (χ1) is 11.0. The van der Waals surface area contributed by atoms with Gasteiger partial charge in [0.2, 0.25) is 5.79 Å². The van der Waals surface area contributed by atoms with Crippen molar-refractivity contribution in [1.29, 1.82) is 0 Å². The molecule has 1 heterocycles. The number of ether oxygens (including phenoxy) is 2. The maximum atomic E-state index is 12.3. The number of aliphatic hydroxyl groups excluding tert-OH is 1.